The van der Waals surface area contributed by atoms with Crippen molar-refractivity contribution in [2.24, 2.45) is 0 Å². The van der Waals surface area contributed by atoms with Crippen LogP contribution in [0.5, 0.6) is 0 Å². The van der Waals surface area contributed by atoms with E-state index in [1.807, 2.05) is 0 Å². The minimum atomic E-state index is -4.43. The van der Waals surface area contributed by atoms with Gasteiger partial charge >= 0.3 is 51.4 Å². The topological polar surface area (TPSA) is 57.2 Å². The van der Waals surface area contributed by atoms with Crippen molar-refractivity contribution in [2.75, 3.05) is 0 Å². The molecule has 0 aliphatic heterocycles. The standard InChI is InChI=1S/C24H36O3S.K/c1-3-5-7-9-11-13-20-15-16-21-17-18-22(28(25,26)27)19-24(21)23(20)14-12-10-8-6-4-2;/h15-19H,3-14H2,1-2H3,(H,25,26,27);/q;+1/p-1. The Morgan fingerprint density at radius 1 is 0.759 bits per heavy atom. The zero-order valence-corrected chi connectivity index (χ0v) is 22.4. The summed E-state index contributed by atoms with van der Waals surface area (Å²) in [6, 6.07) is 9.07. The Labute approximate surface area is 220 Å². The summed E-state index contributed by atoms with van der Waals surface area (Å²) in [6.07, 6.45) is 14.2. The third-order valence-corrected chi connectivity index (χ3v) is 6.40. The van der Waals surface area contributed by atoms with E-state index in [1.54, 1.807) is 12.1 Å². The molecule has 3 nitrogen and oxygen atoms in total. The zero-order valence-electron chi connectivity index (χ0n) is 18.5. The Morgan fingerprint density at radius 2 is 1.31 bits per heavy atom. The van der Waals surface area contributed by atoms with Crippen LogP contribution in [0, 0.1) is 0 Å². The van der Waals surface area contributed by atoms with E-state index in [4.69, 9.17) is 0 Å². The van der Waals surface area contributed by atoms with Gasteiger partial charge in [-0.05, 0) is 59.7 Å². The molecule has 0 heterocycles. The van der Waals surface area contributed by atoms with Crippen molar-refractivity contribution in [3.05, 3.63) is 41.5 Å². The molecule has 0 amide bonds. The summed E-state index contributed by atoms with van der Waals surface area (Å²) in [5.74, 6) is 0. The normalized spacial score (nSPS) is 11.6. The average molecular weight is 443 g/mol. The van der Waals surface area contributed by atoms with E-state index >= 15 is 0 Å². The number of hydrogen-bond donors (Lipinski definition) is 0. The molecule has 0 bridgehead atoms. The number of benzene rings is 2. The molecule has 0 radical (unpaired) electrons. The maximum Gasteiger partial charge on any atom is 1.00 e. The van der Waals surface area contributed by atoms with Crippen molar-refractivity contribution in [1.82, 2.24) is 0 Å². The summed E-state index contributed by atoms with van der Waals surface area (Å²) in [7, 11) is -4.43. The fourth-order valence-electron chi connectivity index (χ4n) is 3.92. The van der Waals surface area contributed by atoms with Crippen LogP contribution in [-0.4, -0.2) is 13.0 Å². The Bertz CT molecular complexity index is 847. The average Bonchev–Trinajstić information content (AvgIpc) is 2.67. The summed E-state index contributed by atoms with van der Waals surface area (Å²) >= 11 is 0. The van der Waals surface area contributed by atoms with E-state index < -0.39 is 10.1 Å². The second-order valence-electron chi connectivity index (χ2n) is 7.87. The van der Waals surface area contributed by atoms with Crippen LogP contribution in [0.2, 0.25) is 0 Å². The van der Waals surface area contributed by atoms with E-state index in [9.17, 15) is 13.0 Å². The van der Waals surface area contributed by atoms with Crippen molar-refractivity contribution in [3.8, 4) is 0 Å². The number of hydrogen-bond acceptors (Lipinski definition) is 3. The summed E-state index contributed by atoms with van der Waals surface area (Å²) in [6.45, 7) is 4.44. The van der Waals surface area contributed by atoms with Crippen LogP contribution in [0.3, 0.4) is 0 Å². The van der Waals surface area contributed by atoms with Crippen molar-refractivity contribution < 1.29 is 64.4 Å². The van der Waals surface area contributed by atoms with Crippen molar-refractivity contribution in [3.63, 3.8) is 0 Å². The maximum atomic E-state index is 11.5. The van der Waals surface area contributed by atoms with Gasteiger partial charge in [-0.25, -0.2) is 8.42 Å². The summed E-state index contributed by atoms with van der Waals surface area (Å²) in [5, 5.41) is 1.96. The smallest absolute Gasteiger partial charge is 0.744 e. The van der Waals surface area contributed by atoms with Crippen LogP contribution in [0.25, 0.3) is 10.8 Å². The Morgan fingerprint density at radius 3 is 1.90 bits per heavy atom. The monoisotopic (exact) mass is 442 g/mol. The first-order valence-electron chi connectivity index (χ1n) is 11.0. The molecule has 2 rings (SSSR count). The molecular weight excluding hydrogens is 407 g/mol. The first kappa shape index (κ1) is 27.3. The Balaban J connectivity index is 0.00000420. The minimum absolute atomic E-state index is 0. The van der Waals surface area contributed by atoms with E-state index in [2.05, 4.69) is 26.0 Å². The van der Waals surface area contributed by atoms with Crippen LogP contribution in [-0.2, 0) is 23.0 Å². The van der Waals surface area contributed by atoms with Gasteiger partial charge in [0.15, 0.2) is 0 Å². The van der Waals surface area contributed by atoms with Crippen LogP contribution in [0.4, 0.5) is 0 Å². The third-order valence-electron chi connectivity index (χ3n) is 5.57. The van der Waals surface area contributed by atoms with Crippen LogP contribution < -0.4 is 51.4 Å². The molecule has 0 aromatic heterocycles. The molecule has 0 unspecified atom stereocenters. The predicted octanol–water partition coefficient (Wildman–Crippen LogP) is 3.77. The van der Waals surface area contributed by atoms with Gasteiger partial charge in [0, 0.05) is 0 Å². The van der Waals surface area contributed by atoms with Gasteiger partial charge in [-0.3, -0.25) is 0 Å². The molecule has 0 spiro atoms. The first-order valence-corrected chi connectivity index (χ1v) is 12.4. The van der Waals surface area contributed by atoms with Crippen LogP contribution in [0.15, 0.2) is 35.2 Å². The van der Waals surface area contributed by atoms with Gasteiger partial charge in [0.05, 0.1) is 4.90 Å². The molecule has 0 saturated carbocycles. The number of aryl methyl sites for hydroxylation is 2. The van der Waals surface area contributed by atoms with Crippen LogP contribution >= 0.6 is 0 Å². The maximum absolute atomic E-state index is 11.5. The Hall–Kier alpha value is 0.246. The van der Waals surface area contributed by atoms with Gasteiger partial charge in [0.25, 0.3) is 0 Å². The molecule has 0 aliphatic carbocycles. The van der Waals surface area contributed by atoms with Gasteiger partial charge < -0.3 is 4.55 Å². The van der Waals surface area contributed by atoms with Gasteiger partial charge in [-0.1, -0.05) is 83.4 Å². The largest absolute Gasteiger partial charge is 1.00 e. The fraction of sp³-hybridized carbons (Fsp3) is 0.583. The van der Waals surface area contributed by atoms with Gasteiger partial charge in [0.2, 0.25) is 0 Å². The molecular formula is C24H35KO3S. The van der Waals surface area contributed by atoms with Crippen molar-refractivity contribution >= 4 is 20.9 Å². The quantitative estimate of drug-likeness (QED) is 0.269. The second-order valence-corrected chi connectivity index (χ2v) is 9.25. The SMILES string of the molecule is CCCCCCCc1ccc2ccc(S(=O)(=O)[O-])cc2c1CCCCCCC.[K+]. The van der Waals surface area contributed by atoms with E-state index in [1.165, 1.54) is 68.6 Å². The van der Waals surface area contributed by atoms with Crippen LogP contribution in [0.1, 0.15) is 89.2 Å². The fourth-order valence-corrected chi connectivity index (χ4v) is 4.41. The van der Waals surface area contributed by atoms with Gasteiger partial charge in [0.1, 0.15) is 10.1 Å². The number of fused-ring (bicyclic) bond motifs is 1. The van der Waals surface area contributed by atoms with E-state index in [-0.39, 0.29) is 56.3 Å². The van der Waals surface area contributed by atoms with Crippen molar-refractivity contribution in [2.45, 2.75) is 95.8 Å². The molecule has 0 aliphatic rings. The van der Waals surface area contributed by atoms with Crippen molar-refractivity contribution in [1.29, 1.82) is 0 Å². The number of unbranched alkanes of at least 4 members (excludes halogenated alkanes) is 8. The molecule has 0 saturated heterocycles. The number of rotatable bonds is 13. The zero-order chi connectivity index (χ0) is 20.4. The molecule has 2 aromatic carbocycles. The second kappa shape index (κ2) is 14.3. The minimum Gasteiger partial charge on any atom is -0.744 e. The summed E-state index contributed by atoms with van der Waals surface area (Å²) in [5.41, 5.74) is 2.56. The van der Waals surface area contributed by atoms with Gasteiger partial charge in [-0.15, -0.1) is 0 Å². The first-order chi connectivity index (χ1) is 13.5. The predicted molar refractivity (Wildman–Crippen MR) is 117 cm³/mol. The van der Waals surface area contributed by atoms with Gasteiger partial charge in [-0.2, -0.15) is 0 Å². The third kappa shape index (κ3) is 9.10. The molecule has 0 fully saturated rings. The molecule has 5 heteroatoms. The molecule has 0 N–H and O–H groups in total. The molecule has 2 aromatic rings. The summed E-state index contributed by atoms with van der Waals surface area (Å²) < 4.78 is 34.6. The molecule has 29 heavy (non-hydrogen) atoms. The van der Waals surface area contributed by atoms with E-state index in [0.29, 0.717) is 0 Å². The molecule has 156 valence electrons. The Kier molecular flexibility index (Phi) is 13.5. The molecule has 0 atom stereocenters. The van der Waals surface area contributed by atoms with E-state index in [0.717, 1.165) is 36.5 Å². The summed E-state index contributed by atoms with van der Waals surface area (Å²) in [4.78, 5) is -0.118.